The summed E-state index contributed by atoms with van der Waals surface area (Å²) in [5.74, 6) is 0.654. The van der Waals surface area contributed by atoms with Crippen molar-refractivity contribution >= 4 is 38.1 Å². The Morgan fingerprint density at radius 2 is 1.60 bits per heavy atom. The van der Waals surface area contributed by atoms with Gasteiger partial charge >= 0.3 is 0 Å². The standard InChI is InChI=1S/C15H12Br2O3/c16-13-5-12(8-19)6-14(17)15(13)20-9-11-3-1-10(7-18)2-4-11/h1-6,8,18H,7,9H2. The number of halogens is 2. The molecule has 2 aromatic carbocycles. The number of hydrogen-bond acceptors (Lipinski definition) is 3. The molecule has 0 unspecified atom stereocenters. The summed E-state index contributed by atoms with van der Waals surface area (Å²) in [6.07, 6.45) is 0.785. The molecule has 0 radical (unpaired) electrons. The highest BCUT2D eigenvalue weighted by Gasteiger charge is 2.09. The van der Waals surface area contributed by atoms with Gasteiger partial charge in [0.2, 0.25) is 0 Å². The largest absolute Gasteiger partial charge is 0.487 e. The van der Waals surface area contributed by atoms with Gasteiger partial charge in [0.05, 0.1) is 15.6 Å². The van der Waals surface area contributed by atoms with Crippen LogP contribution in [-0.2, 0) is 13.2 Å². The molecule has 0 fully saturated rings. The number of aldehydes is 1. The molecule has 0 spiro atoms. The molecule has 0 heterocycles. The summed E-state index contributed by atoms with van der Waals surface area (Å²) < 4.78 is 7.20. The molecule has 0 aromatic heterocycles. The Bertz CT molecular complexity index is 586. The second-order valence-electron chi connectivity index (χ2n) is 4.19. The lowest BCUT2D eigenvalue weighted by Crippen LogP contribution is -1.98. The average Bonchev–Trinajstić information content (AvgIpc) is 2.46. The van der Waals surface area contributed by atoms with Crippen LogP contribution in [-0.4, -0.2) is 11.4 Å². The van der Waals surface area contributed by atoms with Gasteiger partial charge in [-0.1, -0.05) is 24.3 Å². The first-order valence-corrected chi connectivity index (χ1v) is 7.48. The van der Waals surface area contributed by atoms with E-state index in [1.807, 2.05) is 24.3 Å². The van der Waals surface area contributed by atoms with Crippen molar-refractivity contribution in [2.24, 2.45) is 0 Å². The Morgan fingerprint density at radius 3 is 2.10 bits per heavy atom. The van der Waals surface area contributed by atoms with Crippen molar-refractivity contribution < 1.29 is 14.6 Å². The third-order valence-electron chi connectivity index (χ3n) is 2.75. The van der Waals surface area contributed by atoms with Gasteiger partial charge in [0.25, 0.3) is 0 Å². The van der Waals surface area contributed by atoms with Crippen LogP contribution in [0.1, 0.15) is 21.5 Å². The summed E-state index contributed by atoms with van der Waals surface area (Å²) in [5.41, 5.74) is 2.44. The zero-order chi connectivity index (χ0) is 14.5. The molecule has 104 valence electrons. The highest BCUT2D eigenvalue weighted by molar-refractivity contribution is 9.11. The molecule has 0 saturated heterocycles. The first-order chi connectivity index (χ1) is 9.63. The summed E-state index contributed by atoms with van der Waals surface area (Å²) in [5, 5.41) is 8.99. The lowest BCUT2D eigenvalue weighted by Gasteiger charge is -2.11. The molecule has 5 heteroatoms. The normalized spacial score (nSPS) is 10.3. The van der Waals surface area contributed by atoms with Gasteiger partial charge in [0.1, 0.15) is 18.6 Å². The molecule has 0 aliphatic carbocycles. The number of aliphatic hydroxyl groups is 1. The van der Waals surface area contributed by atoms with Gasteiger partial charge < -0.3 is 9.84 Å². The number of ether oxygens (including phenoxy) is 1. The van der Waals surface area contributed by atoms with Gasteiger partial charge in [-0.25, -0.2) is 0 Å². The monoisotopic (exact) mass is 398 g/mol. The third-order valence-corrected chi connectivity index (χ3v) is 3.92. The van der Waals surface area contributed by atoms with E-state index in [1.54, 1.807) is 12.1 Å². The molecule has 0 saturated carbocycles. The highest BCUT2D eigenvalue weighted by atomic mass is 79.9. The maximum atomic E-state index is 10.8. The van der Waals surface area contributed by atoms with Crippen LogP contribution in [0.2, 0.25) is 0 Å². The first kappa shape index (κ1) is 15.2. The van der Waals surface area contributed by atoms with Gasteiger partial charge in [-0.05, 0) is 55.1 Å². The molecule has 0 aliphatic rings. The Morgan fingerprint density at radius 1 is 1.05 bits per heavy atom. The lowest BCUT2D eigenvalue weighted by molar-refractivity contribution is 0.112. The second-order valence-corrected chi connectivity index (χ2v) is 5.90. The van der Waals surface area contributed by atoms with E-state index in [-0.39, 0.29) is 6.61 Å². The number of benzene rings is 2. The minimum Gasteiger partial charge on any atom is -0.487 e. The number of aliphatic hydroxyl groups excluding tert-OH is 1. The fourth-order valence-corrected chi connectivity index (χ4v) is 3.13. The molecular weight excluding hydrogens is 388 g/mol. The van der Waals surface area contributed by atoms with E-state index >= 15 is 0 Å². The van der Waals surface area contributed by atoms with Gasteiger partial charge in [0.15, 0.2) is 0 Å². The molecule has 2 aromatic rings. The van der Waals surface area contributed by atoms with E-state index in [1.165, 1.54) is 0 Å². The number of carbonyl (C=O) groups is 1. The molecule has 0 amide bonds. The minimum absolute atomic E-state index is 0.0331. The molecule has 2 rings (SSSR count). The third kappa shape index (κ3) is 3.69. The number of rotatable bonds is 5. The van der Waals surface area contributed by atoms with Crippen LogP contribution < -0.4 is 4.74 Å². The van der Waals surface area contributed by atoms with Gasteiger partial charge in [-0.3, -0.25) is 4.79 Å². The SMILES string of the molecule is O=Cc1cc(Br)c(OCc2ccc(CO)cc2)c(Br)c1. The van der Waals surface area contributed by atoms with Crippen LogP contribution in [0.25, 0.3) is 0 Å². The van der Waals surface area contributed by atoms with E-state index in [0.29, 0.717) is 17.9 Å². The number of carbonyl (C=O) groups excluding carboxylic acids is 1. The first-order valence-electron chi connectivity index (χ1n) is 5.89. The van der Waals surface area contributed by atoms with E-state index in [2.05, 4.69) is 31.9 Å². The average molecular weight is 400 g/mol. The van der Waals surface area contributed by atoms with Crippen molar-refractivity contribution in [2.75, 3.05) is 0 Å². The zero-order valence-electron chi connectivity index (χ0n) is 10.5. The van der Waals surface area contributed by atoms with Crippen LogP contribution in [0.5, 0.6) is 5.75 Å². The van der Waals surface area contributed by atoms with Crippen molar-refractivity contribution in [1.82, 2.24) is 0 Å². The fourth-order valence-electron chi connectivity index (χ4n) is 1.68. The van der Waals surface area contributed by atoms with Crippen LogP contribution in [0.15, 0.2) is 45.3 Å². The van der Waals surface area contributed by atoms with Crippen molar-refractivity contribution in [3.8, 4) is 5.75 Å². The van der Waals surface area contributed by atoms with E-state index < -0.39 is 0 Å². The molecule has 3 nitrogen and oxygen atoms in total. The smallest absolute Gasteiger partial charge is 0.150 e. The predicted octanol–water partition coefficient (Wildman–Crippen LogP) is 4.10. The summed E-state index contributed by atoms with van der Waals surface area (Å²) in [4.78, 5) is 10.8. The Balaban J connectivity index is 2.12. The van der Waals surface area contributed by atoms with E-state index in [0.717, 1.165) is 26.4 Å². The highest BCUT2D eigenvalue weighted by Crippen LogP contribution is 2.34. The Labute approximate surface area is 133 Å². The van der Waals surface area contributed by atoms with Crippen molar-refractivity contribution in [1.29, 1.82) is 0 Å². The van der Waals surface area contributed by atoms with E-state index in [4.69, 9.17) is 9.84 Å². The van der Waals surface area contributed by atoms with Gasteiger partial charge in [-0.2, -0.15) is 0 Å². The fraction of sp³-hybridized carbons (Fsp3) is 0.133. The molecule has 0 atom stereocenters. The molecule has 0 aliphatic heterocycles. The second kappa shape index (κ2) is 7.02. The van der Waals surface area contributed by atoms with Crippen LogP contribution in [0, 0.1) is 0 Å². The molecule has 1 N–H and O–H groups in total. The van der Waals surface area contributed by atoms with Crippen LogP contribution >= 0.6 is 31.9 Å². The Hall–Kier alpha value is -1.17. The minimum atomic E-state index is 0.0331. The van der Waals surface area contributed by atoms with E-state index in [9.17, 15) is 4.79 Å². The molecule has 0 bridgehead atoms. The summed E-state index contributed by atoms with van der Waals surface area (Å²) >= 11 is 6.78. The van der Waals surface area contributed by atoms with Crippen molar-refractivity contribution in [2.45, 2.75) is 13.2 Å². The lowest BCUT2D eigenvalue weighted by atomic mass is 10.1. The van der Waals surface area contributed by atoms with Gasteiger partial charge in [-0.15, -0.1) is 0 Å². The number of hydrogen-bond donors (Lipinski definition) is 1. The van der Waals surface area contributed by atoms with Crippen molar-refractivity contribution in [3.05, 3.63) is 62.0 Å². The maximum absolute atomic E-state index is 10.8. The van der Waals surface area contributed by atoms with Gasteiger partial charge in [0, 0.05) is 5.56 Å². The van der Waals surface area contributed by atoms with Crippen LogP contribution in [0.3, 0.4) is 0 Å². The Kier molecular flexibility index (Phi) is 5.34. The molecular formula is C15H12Br2O3. The quantitative estimate of drug-likeness (QED) is 0.770. The van der Waals surface area contributed by atoms with Crippen LogP contribution in [0.4, 0.5) is 0 Å². The van der Waals surface area contributed by atoms with Crippen molar-refractivity contribution in [3.63, 3.8) is 0 Å². The maximum Gasteiger partial charge on any atom is 0.150 e. The summed E-state index contributed by atoms with van der Waals surface area (Å²) in [6.45, 7) is 0.439. The zero-order valence-corrected chi connectivity index (χ0v) is 13.6. The summed E-state index contributed by atoms with van der Waals surface area (Å²) in [7, 11) is 0. The summed E-state index contributed by atoms with van der Waals surface area (Å²) in [6, 6.07) is 11.0. The molecule has 20 heavy (non-hydrogen) atoms. The predicted molar refractivity (Wildman–Crippen MR) is 83.9 cm³/mol. The topological polar surface area (TPSA) is 46.5 Å².